The molecule has 0 bridgehead atoms. The number of benzene rings is 2. The molecule has 4 nitrogen and oxygen atoms in total. The van der Waals surface area contributed by atoms with Crippen LogP contribution in [0.25, 0.3) is 0 Å². The Labute approximate surface area is 130 Å². The predicted molar refractivity (Wildman–Crippen MR) is 91.4 cm³/mol. The Morgan fingerprint density at radius 3 is 2.50 bits per heavy atom. The van der Waals surface area contributed by atoms with Crippen molar-refractivity contribution in [3.05, 3.63) is 53.6 Å². The van der Waals surface area contributed by atoms with Crippen LogP contribution in [0.4, 0.5) is 17.1 Å². The van der Waals surface area contributed by atoms with Gasteiger partial charge in [-0.25, -0.2) is 0 Å². The van der Waals surface area contributed by atoms with Crippen molar-refractivity contribution in [2.75, 3.05) is 29.0 Å². The highest BCUT2D eigenvalue weighted by Gasteiger charge is 2.17. The summed E-state index contributed by atoms with van der Waals surface area (Å²) in [5, 5.41) is 2.93. The van der Waals surface area contributed by atoms with Gasteiger partial charge < -0.3 is 16.0 Å². The molecule has 2 aromatic rings. The standard InChI is InChI=1S/C18H21N3O/c1-13-11-15(19)16(12-17(13)21-9-5-6-10-21)20-18(22)14-7-3-2-4-8-14/h2-4,7-8,11-12H,5-6,9-10,19H2,1H3,(H,20,22). The summed E-state index contributed by atoms with van der Waals surface area (Å²) >= 11 is 0. The van der Waals surface area contributed by atoms with Crippen LogP contribution >= 0.6 is 0 Å². The Kier molecular flexibility index (Phi) is 4.00. The van der Waals surface area contributed by atoms with Gasteiger partial charge >= 0.3 is 0 Å². The highest BCUT2D eigenvalue weighted by Crippen LogP contribution is 2.32. The van der Waals surface area contributed by atoms with Crippen LogP contribution in [0.1, 0.15) is 28.8 Å². The first kappa shape index (κ1) is 14.4. The third-order valence-electron chi connectivity index (χ3n) is 4.10. The van der Waals surface area contributed by atoms with E-state index in [1.807, 2.05) is 30.3 Å². The minimum atomic E-state index is -0.136. The Bertz CT molecular complexity index is 676. The fourth-order valence-electron chi connectivity index (χ4n) is 2.91. The molecule has 0 atom stereocenters. The Balaban J connectivity index is 1.87. The van der Waals surface area contributed by atoms with Gasteiger partial charge in [-0.1, -0.05) is 18.2 Å². The van der Waals surface area contributed by atoms with Gasteiger partial charge in [0, 0.05) is 24.3 Å². The van der Waals surface area contributed by atoms with Crippen LogP contribution < -0.4 is 16.0 Å². The number of carbonyl (C=O) groups excluding carboxylic acids is 1. The summed E-state index contributed by atoms with van der Waals surface area (Å²) in [4.78, 5) is 14.7. The van der Waals surface area contributed by atoms with Crippen molar-refractivity contribution in [3.63, 3.8) is 0 Å². The van der Waals surface area contributed by atoms with Gasteiger partial charge in [-0.15, -0.1) is 0 Å². The number of rotatable bonds is 3. The molecule has 1 heterocycles. The summed E-state index contributed by atoms with van der Waals surface area (Å²) < 4.78 is 0. The fraction of sp³-hybridized carbons (Fsp3) is 0.278. The van der Waals surface area contributed by atoms with Crippen molar-refractivity contribution in [2.24, 2.45) is 0 Å². The molecule has 1 fully saturated rings. The van der Waals surface area contributed by atoms with Gasteiger partial charge in [-0.05, 0) is 49.6 Å². The molecular weight excluding hydrogens is 274 g/mol. The lowest BCUT2D eigenvalue weighted by Gasteiger charge is -2.22. The maximum atomic E-state index is 12.3. The van der Waals surface area contributed by atoms with E-state index in [2.05, 4.69) is 17.1 Å². The van der Waals surface area contributed by atoms with Gasteiger partial charge in [0.25, 0.3) is 5.91 Å². The number of nitrogens with one attached hydrogen (secondary N) is 1. The molecule has 3 rings (SSSR count). The van der Waals surface area contributed by atoms with E-state index < -0.39 is 0 Å². The highest BCUT2D eigenvalue weighted by atomic mass is 16.1. The van der Waals surface area contributed by atoms with E-state index in [-0.39, 0.29) is 5.91 Å². The van der Waals surface area contributed by atoms with Gasteiger partial charge in [0.05, 0.1) is 11.4 Å². The van der Waals surface area contributed by atoms with E-state index in [1.54, 1.807) is 12.1 Å². The van der Waals surface area contributed by atoms with Gasteiger partial charge in [-0.2, -0.15) is 0 Å². The Morgan fingerprint density at radius 1 is 1.14 bits per heavy atom. The molecule has 3 N–H and O–H groups in total. The maximum absolute atomic E-state index is 12.3. The lowest BCUT2D eigenvalue weighted by molar-refractivity contribution is 0.102. The van der Waals surface area contributed by atoms with Crippen molar-refractivity contribution in [1.82, 2.24) is 0 Å². The number of nitrogens with two attached hydrogens (primary N) is 1. The largest absolute Gasteiger partial charge is 0.397 e. The fourth-order valence-corrected chi connectivity index (χ4v) is 2.91. The van der Waals surface area contributed by atoms with Gasteiger partial charge in [-0.3, -0.25) is 4.79 Å². The van der Waals surface area contributed by atoms with Crippen molar-refractivity contribution < 1.29 is 4.79 Å². The van der Waals surface area contributed by atoms with Crippen LogP contribution in [0.2, 0.25) is 0 Å². The quantitative estimate of drug-likeness (QED) is 0.853. The number of nitrogens with zero attached hydrogens (tertiary/aromatic N) is 1. The monoisotopic (exact) mass is 295 g/mol. The highest BCUT2D eigenvalue weighted by molar-refractivity contribution is 6.06. The normalized spacial score (nSPS) is 14.1. The predicted octanol–water partition coefficient (Wildman–Crippen LogP) is 3.43. The molecule has 1 aliphatic heterocycles. The number of aryl methyl sites for hydroxylation is 1. The number of hydrogen-bond donors (Lipinski definition) is 2. The zero-order valence-electron chi connectivity index (χ0n) is 12.8. The molecule has 1 saturated heterocycles. The minimum Gasteiger partial charge on any atom is -0.397 e. The lowest BCUT2D eigenvalue weighted by Crippen LogP contribution is -2.20. The molecule has 0 aliphatic carbocycles. The molecule has 114 valence electrons. The summed E-state index contributed by atoms with van der Waals surface area (Å²) in [6.07, 6.45) is 2.44. The lowest BCUT2D eigenvalue weighted by atomic mass is 10.1. The smallest absolute Gasteiger partial charge is 0.255 e. The van der Waals surface area contributed by atoms with Crippen LogP contribution in [-0.4, -0.2) is 19.0 Å². The topological polar surface area (TPSA) is 58.4 Å². The Morgan fingerprint density at radius 2 is 1.82 bits per heavy atom. The maximum Gasteiger partial charge on any atom is 0.255 e. The molecule has 0 spiro atoms. The SMILES string of the molecule is Cc1cc(N)c(NC(=O)c2ccccc2)cc1N1CCCC1. The average molecular weight is 295 g/mol. The zero-order chi connectivity index (χ0) is 15.5. The third-order valence-corrected chi connectivity index (χ3v) is 4.10. The molecule has 4 heteroatoms. The van der Waals surface area contributed by atoms with Crippen molar-refractivity contribution in [1.29, 1.82) is 0 Å². The summed E-state index contributed by atoms with van der Waals surface area (Å²) in [5.74, 6) is -0.136. The molecule has 1 aliphatic rings. The first-order valence-corrected chi connectivity index (χ1v) is 7.66. The second-order valence-corrected chi connectivity index (χ2v) is 5.74. The first-order valence-electron chi connectivity index (χ1n) is 7.66. The van der Waals surface area contributed by atoms with Crippen LogP contribution in [0.5, 0.6) is 0 Å². The Hall–Kier alpha value is -2.49. The second kappa shape index (κ2) is 6.10. The van der Waals surface area contributed by atoms with Gasteiger partial charge in [0.2, 0.25) is 0 Å². The van der Waals surface area contributed by atoms with Crippen LogP contribution in [0.15, 0.2) is 42.5 Å². The van der Waals surface area contributed by atoms with Crippen molar-refractivity contribution >= 4 is 23.0 Å². The van der Waals surface area contributed by atoms with E-state index in [0.29, 0.717) is 16.9 Å². The molecule has 2 aromatic carbocycles. The van der Waals surface area contributed by atoms with E-state index in [9.17, 15) is 4.79 Å². The molecule has 0 aromatic heterocycles. The second-order valence-electron chi connectivity index (χ2n) is 5.74. The molecule has 0 radical (unpaired) electrons. The van der Waals surface area contributed by atoms with Gasteiger partial charge in [0.15, 0.2) is 0 Å². The number of hydrogen-bond acceptors (Lipinski definition) is 3. The molecule has 0 saturated carbocycles. The van der Waals surface area contributed by atoms with Crippen LogP contribution in [0, 0.1) is 6.92 Å². The van der Waals surface area contributed by atoms with Gasteiger partial charge in [0.1, 0.15) is 0 Å². The summed E-state index contributed by atoms with van der Waals surface area (Å²) in [7, 11) is 0. The van der Waals surface area contributed by atoms with Crippen LogP contribution in [-0.2, 0) is 0 Å². The molecule has 0 unspecified atom stereocenters. The van der Waals surface area contributed by atoms with E-state index in [4.69, 9.17) is 5.73 Å². The molecular formula is C18H21N3O. The molecule has 22 heavy (non-hydrogen) atoms. The minimum absolute atomic E-state index is 0.136. The third kappa shape index (κ3) is 2.91. The first-order chi connectivity index (χ1) is 10.6. The number of amides is 1. The zero-order valence-corrected chi connectivity index (χ0v) is 12.8. The number of carbonyl (C=O) groups is 1. The average Bonchev–Trinajstić information content (AvgIpc) is 3.05. The number of nitrogen functional groups attached to an aromatic ring is 1. The summed E-state index contributed by atoms with van der Waals surface area (Å²) in [6, 6.07) is 13.1. The number of anilines is 3. The summed E-state index contributed by atoms with van der Waals surface area (Å²) in [5.41, 5.74) is 10.3. The van der Waals surface area contributed by atoms with Crippen molar-refractivity contribution in [2.45, 2.75) is 19.8 Å². The van der Waals surface area contributed by atoms with E-state index in [1.165, 1.54) is 12.8 Å². The van der Waals surface area contributed by atoms with E-state index >= 15 is 0 Å². The summed E-state index contributed by atoms with van der Waals surface area (Å²) in [6.45, 7) is 4.19. The molecule has 1 amide bonds. The van der Waals surface area contributed by atoms with Crippen molar-refractivity contribution in [3.8, 4) is 0 Å². The van der Waals surface area contributed by atoms with Crippen LogP contribution in [0.3, 0.4) is 0 Å². The van der Waals surface area contributed by atoms with E-state index in [0.717, 1.165) is 24.3 Å².